The summed E-state index contributed by atoms with van der Waals surface area (Å²) in [5.41, 5.74) is 5.99. The van der Waals surface area contributed by atoms with Crippen molar-refractivity contribution in [1.82, 2.24) is 15.4 Å². The van der Waals surface area contributed by atoms with Crippen LogP contribution in [-0.2, 0) is 16.0 Å². The fraction of sp³-hybridized carbons (Fsp3) is 0.100. The summed E-state index contributed by atoms with van der Waals surface area (Å²) in [6, 6.07) is 15.1. The van der Waals surface area contributed by atoms with Crippen LogP contribution >= 0.6 is 0 Å². The molecular weight excluding hydrogens is 404 g/mol. The van der Waals surface area contributed by atoms with Gasteiger partial charge in [0.05, 0.1) is 24.0 Å². The van der Waals surface area contributed by atoms with Gasteiger partial charge in [0.1, 0.15) is 6.33 Å². The van der Waals surface area contributed by atoms with Crippen LogP contribution in [0.2, 0.25) is 0 Å². The number of benzene rings is 2. The molecule has 2 aromatic carbocycles. The standard InChI is InChI=1S/C20H18N6O5/c1-31-20(28)14-7-9-15(10-8-14)23-18-17(26(29)30)19(22-12-21-18)25-24-16(27)11-13-5-3-2-4-6-13/h2-10,12H,11H2,1H3,(H,24,27)(H2,21,22,23,25). The smallest absolute Gasteiger partial charge is 0.355 e. The number of nitrogens with one attached hydrogen (secondary N) is 3. The minimum Gasteiger partial charge on any atom is -0.465 e. The van der Waals surface area contributed by atoms with Crippen LogP contribution < -0.4 is 16.2 Å². The van der Waals surface area contributed by atoms with Gasteiger partial charge in [0.25, 0.3) is 0 Å². The van der Waals surface area contributed by atoms with Crippen molar-refractivity contribution in [3.63, 3.8) is 0 Å². The number of aromatic nitrogens is 2. The highest BCUT2D eigenvalue weighted by atomic mass is 16.6. The summed E-state index contributed by atoms with van der Waals surface area (Å²) < 4.78 is 4.63. The molecule has 0 radical (unpaired) electrons. The monoisotopic (exact) mass is 422 g/mol. The number of nitro groups is 1. The lowest BCUT2D eigenvalue weighted by Crippen LogP contribution is -2.31. The number of esters is 1. The number of carbonyl (C=O) groups is 2. The Balaban J connectivity index is 1.74. The predicted molar refractivity (Wildman–Crippen MR) is 112 cm³/mol. The van der Waals surface area contributed by atoms with Crippen molar-refractivity contribution in [2.75, 3.05) is 17.9 Å². The van der Waals surface area contributed by atoms with Crippen LogP contribution in [0.1, 0.15) is 15.9 Å². The molecule has 3 rings (SSSR count). The van der Waals surface area contributed by atoms with Crippen LogP contribution in [0.5, 0.6) is 0 Å². The third-order valence-corrected chi connectivity index (χ3v) is 4.10. The number of hydrogen-bond acceptors (Lipinski definition) is 9. The molecule has 11 nitrogen and oxygen atoms in total. The summed E-state index contributed by atoms with van der Waals surface area (Å²) in [6.07, 6.45) is 1.20. The van der Waals surface area contributed by atoms with E-state index in [4.69, 9.17) is 0 Å². The molecule has 31 heavy (non-hydrogen) atoms. The van der Waals surface area contributed by atoms with Crippen molar-refractivity contribution in [1.29, 1.82) is 0 Å². The molecule has 0 aliphatic heterocycles. The molecule has 3 aromatic rings. The molecule has 0 atom stereocenters. The zero-order chi connectivity index (χ0) is 22.2. The molecule has 1 amide bonds. The lowest BCUT2D eigenvalue weighted by molar-refractivity contribution is -0.383. The Morgan fingerprint density at radius 3 is 2.35 bits per heavy atom. The minimum absolute atomic E-state index is 0.0877. The van der Waals surface area contributed by atoms with Gasteiger partial charge in [0.2, 0.25) is 17.5 Å². The zero-order valence-corrected chi connectivity index (χ0v) is 16.4. The van der Waals surface area contributed by atoms with Gasteiger partial charge >= 0.3 is 11.7 Å². The Kier molecular flexibility index (Phi) is 6.68. The van der Waals surface area contributed by atoms with E-state index in [0.717, 1.165) is 11.9 Å². The third-order valence-electron chi connectivity index (χ3n) is 4.10. The predicted octanol–water partition coefficient (Wildman–Crippen LogP) is 2.60. The van der Waals surface area contributed by atoms with Gasteiger partial charge in [-0.2, -0.15) is 0 Å². The molecule has 158 valence electrons. The second kappa shape index (κ2) is 9.78. The van der Waals surface area contributed by atoms with Crippen molar-refractivity contribution in [2.24, 2.45) is 0 Å². The Morgan fingerprint density at radius 2 is 1.71 bits per heavy atom. The molecule has 0 fully saturated rings. The zero-order valence-electron chi connectivity index (χ0n) is 16.4. The molecule has 0 aliphatic rings. The summed E-state index contributed by atoms with van der Waals surface area (Å²) >= 11 is 0. The van der Waals surface area contributed by atoms with E-state index >= 15 is 0 Å². The maximum Gasteiger partial charge on any atom is 0.355 e. The lowest BCUT2D eigenvalue weighted by atomic mass is 10.1. The van der Waals surface area contributed by atoms with Gasteiger partial charge in [-0.15, -0.1) is 0 Å². The van der Waals surface area contributed by atoms with Gasteiger partial charge in [-0.1, -0.05) is 30.3 Å². The van der Waals surface area contributed by atoms with Crippen molar-refractivity contribution in [3.05, 3.63) is 82.2 Å². The number of ether oxygens (including phenoxy) is 1. The molecule has 0 saturated heterocycles. The highest BCUT2D eigenvalue weighted by Gasteiger charge is 2.23. The minimum atomic E-state index is -0.670. The average molecular weight is 422 g/mol. The summed E-state index contributed by atoms with van der Waals surface area (Å²) in [5.74, 6) is -1.18. The molecule has 1 aromatic heterocycles. The second-order valence-electron chi connectivity index (χ2n) is 6.21. The third kappa shape index (κ3) is 5.50. The Labute approximate surface area is 176 Å². The maximum atomic E-state index is 12.1. The number of nitrogens with zero attached hydrogens (tertiary/aromatic N) is 3. The normalized spacial score (nSPS) is 10.1. The lowest BCUT2D eigenvalue weighted by Gasteiger charge is -2.11. The number of carbonyl (C=O) groups excluding carboxylic acids is 2. The number of methoxy groups -OCH3 is 1. The molecule has 11 heteroatoms. The fourth-order valence-corrected chi connectivity index (χ4v) is 2.63. The summed E-state index contributed by atoms with van der Waals surface area (Å²) in [5, 5.41) is 14.4. The van der Waals surface area contributed by atoms with Crippen molar-refractivity contribution < 1.29 is 19.2 Å². The van der Waals surface area contributed by atoms with Crippen LogP contribution in [0.15, 0.2) is 60.9 Å². The van der Waals surface area contributed by atoms with Gasteiger partial charge in [-0.05, 0) is 29.8 Å². The maximum absolute atomic E-state index is 12.1. The van der Waals surface area contributed by atoms with Crippen LogP contribution in [0.3, 0.4) is 0 Å². The molecule has 1 heterocycles. The molecule has 0 unspecified atom stereocenters. The van der Waals surface area contributed by atoms with Crippen LogP contribution in [0, 0.1) is 10.1 Å². The van der Waals surface area contributed by atoms with Crippen LogP contribution in [0.25, 0.3) is 0 Å². The number of anilines is 3. The fourth-order valence-electron chi connectivity index (χ4n) is 2.63. The molecule has 0 aliphatic carbocycles. The van der Waals surface area contributed by atoms with Gasteiger partial charge < -0.3 is 10.1 Å². The van der Waals surface area contributed by atoms with Gasteiger partial charge in [-0.25, -0.2) is 14.8 Å². The topological polar surface area (TPSA) is 148 Å². The van der Waals surface area contributed by atoms with E-state index in [9.17, 15) is 19.7 Å². The van der Waals surface area contributed by atoms with E-state index in [2.05, 4.69) is 30.9 Å². The van der Waals surface area contributed by atoms with E-state index in [0.29, 0.717) is 11.3 Å². The molecule has 0 bridgehead atoms. The number of hydrogen-bond donors (Lipinski definition) is 3. The first-order valence-corrected chi connectivity index (χ1v) is 9.01. The van der Waals surface area contributed by atoms with Crippen molar-refractivity contribution >= 4 is 34.9 Å². The van der Waals surface area contributed by atoms with Gasteiger partial charge in [0, 0.05) is 5.69 Å². The van der Waals surface area contributed by atoms with Crippen molar-refractivity contribution in [2.45, 2.75) is 6.42 Å². The number of hydrazine groups is 1. The van der Waals surface area contributed by atoms with Crippen LogP contribution in [0.4, 0.5) is 23.0 Å². The average Bonchev–Trinajstić information content (AvgIpc) is 2.78. The summed E-state index contributed by atoms with van der Waals surface area (Å²) in [4.78, 5) is 42.4. The molecule has 0 saturated carbocycles. The first-order chi connectivity index (χ1) is 15.0. The van der Waals surface area contributed by atoms with Crippen molar-refractivity contribution in [3.8, 4) is 0 Å². The highest BCUT2D eigenvalue weighted by molar-refractivity contribution is 5.90. The largest absolute Gasteiger partial charge is 0.465 e. The Bertz CT molecular complexity index is 1090. The SMILES string of the molecule is COC(=O)c1ccc(Nc2ncnc(NNC(=O)Cc3ccccc3)c2[N+](=O)[O-])cc1. The van der Waals surface area contributed by atoms with Gasteiger partial charge in [-0.3, -0.25) is 25.8 Å². The van der Waals surface area contributed by atoms with E-state index in [1.165, 1.54) is 19.2 Å². The molecule has 0 spiro atoms. The van der Waals surface area contributed by atoms with Gasteiger partial charge in [0.15, 0.2) is 0 Å². The second-order valence-corrected chi connectivity index (χ2v) is 6.21. The first kappa shape index (κ1) is 21.2. The molecule has 3 N–H and O–H groups in total. The first-order valence-electron chi connectivity index (χ1n) is 9.01. The van der Waals surface area contributed by atoms with E-state index in [1.54, 1.807) is 36.4 Å². The summed E-state index contributed by atoms with van der Waals surface area (Å²) in [7, 11) is 1.27. The summed E-state index contributed by atoms with van der Waals surface area (Å²) in [6.45, 7) is 0. The Hall–Kier alpha value is -4.54. The van der Waals surface area contributed by atoms with E-state index in [1.807, 2.05) is 6.07 Å². The molecular formula is C20H18N6O5. The Morgan fingerprint density at radius 1 is 1.03 bits per heavy atom. The highest BCUT2D eigenvalue weighted by Crippen LogP contribution is 2.30. The van der Waals surface area contributed by atoms with E-state index in [-0.39, 0.29) is 18.1 Å². The number of rotatable bonds is 8. The van der Waals surface area contributed by atoms with E-state index < -0.39 is 22.5 Å². The number of amides is 1. The van der Waals surface area contributed by atoms with Crippen LogP contribution in [-0.4, -0.2) is 33.9 Å². The quantitative estimate of drug-likeness (QED) is 0.283.